The third-order valence-electron chi connectivity index (χ3n) is 6.23. The number of rotatable bonds is 5. The molecule has 168 valence electrons. The van der Waals surface area contributed by atoms with Crippen molar-refractivity contribution in [3.63, 3.8) is 0 Å². The van der Waals surface area contributed by atoms with Gasteiger partial charge in [0.15, 0.2) is 11.9 Å². The molecule has 3 aliphatic rings. The van der Waals surface area contributed by atoms with Crippen molar-refractivity contribution in [3.8, 4) is 5.75 Å². The molecule has 0 radical (unpaired) electrons. The quantitative estimate of drug-likeness (QED) is 0.712. The number of nitrogens with zero attached hydrogens (tertiary/aromatic N) is 5. The van der Waals surface area contributed by atoms with Gasteiger partial charge in [-0.2, -0.15) is 0 Å². The zero-order valence-corrected chi connectivity index (χ0v) is 18.3. The Kier molecular flexibility index (Phi) is 5.38. The summed E-state index contributed by atoms with van der Waals surface area (Å²) in [4.78, 5) is 41.7. The first-order chi connectivity index (χ1) is 15.5. The number of hydrogen-bond acceptors (Lipinski definition) is 8. The van der Waals surface area contributed by atoms with Crippen molar-refractivity contribution in [1.82, 2.24) is 25.2 Å². The number of fused-ring (bicyclic) bond motifs is 1. The fourth-order valence-corrected chi connectivity index (χ4v) is 4.24. The number of piperazine rings is 1. The van der Waals surface area contributed by atoms with Gasteiger partial charge in [-0.15, -0.1) is 0 Å². The summed E-state index contributed by atoms with van der Waals surface area (Å²) < 4.78 is 5.89. The van der Waals surface area contributed by atoms with Crippen molar-refractivity contribution in [2.45, 2.75) is 32.4 Å². The van der Waals surface area contributed by atoms with Gasteiger partial charge in [0.05, 0.1) is 35.2 Å². The molecule has 1 saturated carbocycles. The van der Waals surface area contributed by atoms with Crippen LogP contribution in [0, 0.1) is 12.8 Å². The molecule has 2 fully saturated rings. The number of hydrogen-bond donors (Lipinski definition) is 2. The molecule has 2 aromatic heterocycles. The summed E-state index contributed by atoms with van der Waals surface area (Å²) >= 11 is 0. The lowest BCUT2D eigenvalue weighted by Crippen LogP contribution is -2.46. The maximum atomic E-state index is 12.3. The van der Waals surface area contributed by atoms with Gasteiger partial charge < -0.3 is 20.3 Å². The first-order valence-electron chi connectivity index (χ1n) is 11.0. The first kappa shape index (κ1) is 20.6. The number of anilines is 2. The van der Waals surface area contributed by atoms with Crippen molar-refractivity contribution in [2.75, 3.05) is 43.4 Å². The SMILES string of the molecule is CNC(=O)c1ncc(N2CCN(Cc3cc4c(cn3)O[C@H](C3CC3)C(=O)N4)CC2)c(C)n1. The van der Waals surface area contributed by atoms with Gasteiger partial charge in [0.1, 0.15) is 0 Å². The van der Waals surface area contributed by atoms with E-state index in [4.69, 9.17) is 4.74 Å². The highest BCUT2D eigenvalue weighted by atomic mass is 16.5. The number of aryl methyl sites for hydroxylation is 1. The Bertz CT molecular complexity index is 1050. The van der Waals surface area contributed by atoms with E-state index in [1.165, 1.54) is 0 Å². The van der Waals surface area contributed by atoms with Crippen LogP contribution in [-0.4, -0.2) is 71.0 Å². The van der Waals surface area contributed by atoms with E-state index in [0.717, 1.165) is 56.1 Å². The molecule has 10 nitrogen and oxygen atoms in total. The Morgan fingerprint density at radius 3 is 2.69 bits per heavy atom. The first-order valence-corrected chi connectivity index (χ1v) is 11.0. The Labute approximate surface area is 186 Å². The molecule has 2 aromatic rings. The van der Waals surface area contributed by atoms with Crippen molar-refractivity contribution in [1.29, 1.82) is 0 Å². The molecule has 2 N–H and O–H groups in total. The molecule has 1 atom stereocenters. The van der Waals surface area contributed by atoms with E-state index in [2.05, 4.69) is 35.4 Å². The number of carbonyl (C=O) groups is 2. The van der Waals surface area contributed by atoms with Crippen molar-refractivity contribution in [3.05, 3.63) is 35.7 Å². The molecule has 0 unspecified atom stereocenters. The van der Waals surface area contributed by atoms with Gasteiger partial charge in [0, 0.05) is 45.7 Å². The Morgan fingerprint density at radius 2 is 2.00 bits per heavy atom. The predicted octanol–water partition coefficient (Wildman–Crippen LogP) is 0.971. The van der Waals surface area contributed by atoms with Crippen LogP contribution < -0.4 is 20.3 Å². The number of nitrogens with one attached hydrogen (secondary N) is 2. The van der Waals surface area contributed by atoms with Crippen LogP contribution in [0.15, 0.2) is 18.5 Å². The van der Waals surface area contributed by atoms with Crippen LogP contribution in [-0.2, 0) is 11.3 Å². The molecule has 0 spiro atoms. The van der Waals surface area contributed by atoms with Gasteiger partial charge in [-0.25, -0.2) is 9.97 Å². The molecular formula is C22H27N7O3. The second-order valence-corrected chi connectivity index (χ2v) is 8.54. The van der Waals surface area contributed by atoms with Gasteiger partial charge in [-0.1, -0.05) is 0 Å². The van der Waals surface area contributed by atoms with Crippen LogP contribution in [0.2, 0.25) is 0 Å². The van der Waals surface area contributed by atoms with Crippen molar-refractivity contribution >= 4 is 23.2 Å². The van der Waals surface area contributed by atoms with Crippen molar-refractivity contribution in [2.24, 2.45) is 5.92 Å². The Balaban J connectivity index is 1.19. The fourth-order valence-electron chi connectivity index (χ4n) is 4.24. The van der Waals surface area contributed by atoms with E-state index in [1.54, 1.807) is 19.4 Å². The predicted molar refractivity (Wildman–Crippen MR) is 118 cm³/mol. The van der Waals surface area contributed by atoms with Gasteiger partial charge in [-0.05, 0) is 25.8 Å². The summed E-state index contributed by atoms with van der Waals surface area (Å²) in [6.07, 6.45) is 5.18. The highest BCUT2D eigenvalue weighted by Gasteiger charge is 2.41. The minimum Gasteiger partial charge on any atom is -0.476 e. The van der Waals surface area contributed by atoms with E-state index in [9.17, 15) is 9.59 Å². The van der Waals surface area contributed by atoms with Crippen LogP contribution in [0.3, 0.4) is 0 Å². The third kappa shape index (κ3) is 4.10. The number of ether oxygens (including phenoxy) is 1. The number of pyridine rings is 1. The summed E-state index contributed by atoms with van der Waals surface area (Å²) in [7, 11) is 1.57. The monoisotopic (exact) mass is 437 g/mol. The van der Waals surface area contributed by atoms with E-state index < -0.39 is 0 Å². The summed E-state index contributed by atoms with van der Waals surface area (Å²) in [6.45, 7) is 5.99. The minimum absolute atomic E-state index is 0.0502. The topological polar surface area (TPSA) is 113 Å². The highest BCUT2D eigenvalue weighted by Crippen LogP contribution is 2.39. The Hall–Kier alpha value is -3.27. The second kappa shape index (κ2) is 8.34. The average Bonchev–Trinajstić information content (AvgIpc) is 3.64. The largest absolute Gasteiger partial charge is 0.476 e. The summed E-state index contributed by atoms with van der Waals surface area (Å²) in [5.41, 5.74) is 3.36. The molecule has 1 aliphatic carbocycles. The molecular weight excluding hydrogens is 410 g/mol. The molecule has 5 rings (SSSR count). The molecule has 4 heterocycles. The van der Waals surface area contributed by atoms with Crippen LogP contribution in [0.5, 0.6) is 5.75 Å². The van der Waals surface area contributed by atoms with Crippen LogP contribution >= 0.6 is 0 Å². The van der Waals surface area contributed by atoms with Gasteiger partial charge >= 0.3 is 0 Å². The molecule has 0 aromatic carbocycles. The summed E-state index contributed by atoms with van der Waals surface area (Å²) in [6, 6.07) is 1.91. The maximum absolute atomic E-state index is 12.3. The van der Waals surface area contributed by atoms with Crippen molar-refractivity contribution < 1.29 is 14.3 Å². The molecule has 2 aliphatic heterocycles. The highest BCUT2D eigenvalue weighted by molar-refractivity contribution is 5.98. The van der Waals surface area contributed by atoms with E-state index >= 15 is 0 Å². The summed E-state index contributed by atoms with van der Waals surface area (Å²) in [5, 5.41) is 5.53. The zero-order chi connectivity index (χ0) is 22.2. The number of aromatic nitrogens is 3. The van der Waals surface area contributed by atoms with E-state index in [-0.39, 0.29) is 23.7 Å². The fraction of sp³-hybridized carbons (Fsp3) is 0.500. The molecule has 10 heteroatoms. The number of carbonyl (C=O) groups excluding carboxylic acids is 2. The third-order valence-corrected chi connectivity index (χ3v) is 6.23. The standard InChI is InChI=1S/C22H27N7O3/c1-13-17(10-25-20(26-13)22(31)23-2)29-7-5-28(6-8-29)12-15-9-16-18(11-24-15)32-19(14-3-4-14)21(30)27-16/h9-11,14,19H,3-8,12H2,1-2H3,(H,23,31)(H,27,30)/t19-/m1/s1. The molecule has 32 heavy (non-hydrogen) atoms. The molecule has 1 saturated heterocycles. The smallest absolute Gasteiger partial charge is 0.288 e. The van der Waals surface area contributed by atoms with Crippen LogP contribution in [0.1, 0.15) is 34.8 Å². The van der Waals surface area contributed by atoms with Gasteiger partial charge in [0.2, 0.25) is 5.82 Å². The van der Waals surface area contributed by atoms with E-state index in [0.29, 0.717) is 23.9 Å². The van der Waals surface area contributed by atoms with Gasteiger partial charge in [0.25, 0.3) is 11.8 Å². The number of amides is 2. The molecule has 0 bridgehead atoms. The second-order valence-electron chi connectivity index (χ2n) is 8.54. The lowest BCUT2D eigenvalue weighted by Gasteiger charge is -2.36. The maximum Gasteiger partial charge on any atom is 0.288 e. The summed E-state index contributed by atoms with van der Waals surface area (Å²) in [5.74, 6) is 0.849. The molecule has 2 amide bonds. The normalized spacial score (nSPS) is 20.9. The Morgan fingerprint density at radius 1 is 1.22 bits per heavy atom. The lowest BCUT2D eigenvalue weighted by atomic mass is 10.1. The lowest BCUT2D eigenvalue weighted by molar-refractivity contribution is -0.124. The zero-order valence-electron chi connectivity index (χ0n) is 18.3. The minimum atomic E-state index is -0.374. The van der Waals surface area contributed by atoms with Crippen LogP contribution in [0.4, 0.5) is 11.4 Å². The average molecular weight is 438 g/mol. The van der Waals surface area contributed by atoms with E-state index in [1.807, 2.05) is 13.0 Å². The van der Waals surface area contributed by atoms with Gasteiger partial charge in [-0.3, -0.25) is 19.5 Å². The van der Waals surface area contributed by atoms with Crippen LogP contribution in [0.25, 0.3) is 0 Å².